The highest BCUT2D eigenvalue weighted by Crippen LogP contribution is 2.23. The van der Waals surface area contributed by atoms with Crippen LogP contribution in [0.1, 0.15) is 16.2 Å². The predicted octanol–water partition coefficient (Wildman–Crippen LogP) is 3.02. The lowest BCUT2D eigenvalue weighted by Crippen LogP contribution is -2.04. The summed E-state index contributed by atoms with van der Waals surface area (Å²) in [7, 11) is 1.32. The fraction of sp³-hybridized carbons (Fsp3) is 0.167. The minimum absolute atomic E-state index is 0.211. The van der Waals surface area contributed by atoms with Crippen LogP contribution < -0.4 is 0 Å². The molecule has 0 fully saturated rings. The highest BCUT2D eigenvalue weighted by Gasteiger charge is 2.20. The molecule has 1 heterocycles. The van der Waals surface area contributed by atoms with E-state index in [1.54, 1.807) is 0 Å². The molecule has 0 spiro atoms. The number of halogens is 1. The lowest BCUT2D eigenvalue weighted by atomic mass is 10.2. The molecule has 0 atom stereocenters. The molecule has 2 aromatic rings. The number of carbonyl (C=O) groups excluding carboxylic acids is 1. The smallest absolute Gasteiger partial charge is 0.360 e. The van der Waals surface area contributed by atoms with Gasteiger partial charge in [0.25, 0.3) is 0 Å². The van der Waals surface area contributed by atoms with Gasteiger partial charge in [0.15, 0.2) is 5.69 Å². The van der Waals surface area contributed by atoms with E-state index in [2.05, 4.69) is 25.7 Å². The second kappa shape index (κ2) is 5.14. The second-order valence-electron chi connectivity index (χ2n) is 3.28. The second-order valence-corrected chi connectivity index (χ2v) is 3.84. The van der Waals surface area contributed by atoms with Crippen LogP contribution in [-0.2, 0) is 10.1 Å². The van der Waals surface area contributed by atoms with Crippen LogP contribution in [0.3, 0.4) is 0 Å². The number of aromatic nitrogens is 1. The van der Waals surface area contributed by atoms with Crippen LogP contribution in [-0.4, -0.2) is 18.1 Å². The molecule has 0 radical (unpaired) electrons. The Morgan fingerprint density at radius 3 is 2.71 bits per heavy atom. The molecule has 17 heavy (non-hydrogen) atoms. The van der Waals surface area contributed by atoms with Crippen molar-refractivity contribution in [2.45, 2.75) is 5.33 Å². The van der Waals surface area contributed by atoms with Crippen molar-refractivity contribution in [2.24, 2.45) is 0 Å². The number of hydrogen-bond donors (Lipinski definition) is 0. The molecule has 0 N–H and O–H groups in total. The van der Waals surface area contributed by atoms with E-state index in [4.69, 9.17) is 4.42 Å². The molecule has 0 saturated carbocycles. The first-order chi connectivity index (χ1) is 8.26. The van der Waals surface area contributed by atoms with Gasteiger partial charge in [-0.25, -0.2) is 9.78 Å². The predicted molar refractivity (Wildman–Crippen MR) is 65.9 cm³/mol. The Hall–Kier alpha value is -1.62. The molecule has 4 nitrogen and oxygen atoms in total. The van der Waals surface area contributed by atoms with Gasteiger partial charge in [0.1, 0.15) is 5.76 Å². The number of rotatable bonds is 3. The molecule has 1 aromatic heterocycles. The number of carbonyl (C=O) groups is 1. The van der Waals surface area contributed by atoms with Crippen molar-refractivity contribution in [1.82, 2.24) is 4.98 Å². The third-order valence-electron chi connectivity index (χ3n) is 2.22. The molecular formula is C12H10BrNO3. The summed E-state index contributed by atoms with van der Waals surface area (Å²) in [5.41, 5.74) is 1.04. The molecule has 0 unspecified atom stereocenters. The zero-order valence-electron chi connectivity index (χ0n) is 9.14. The minimum atomic E-state index is -0.495. The maximum absolute atomic E-state index is 11.5. The number of methoxy groups -OCH3 is 1. The molecule has 0 aliphatic heterocycles. The Morgan fingerprint density at radius 1 is 1.41 bits per heavy atom. The van der Waals surface area contributed by atoms with Crippen molar-refractivity contribution in [1.29, 1.82) is 0 Å². The van der Waals surface area contributed by atoms with Gasteiger partial charge in [-0.2, -0.15) is 0 Å². The third-order valence-corrected chi connectivity index (χ3v) is 2.73. The molecule has 0 bridgehead atoms. The molecule has 0 amide bonds. The Labute approximate surface area is 107 Å². The van der Waals surface area contributed by atoms with Gasteiger partial charge >= 0.3 is 5.97 Å². The molecule has 1 aromatic carbocycles. The fourth-order valence-electron chi connectivity index (χ4n) is 1.40. The van der Waals surface area contributed by atoms with E-state index in [0.717, 1.165) is 5.56 Å². The van der Waals surface area contributed by atoms with Crippen molar-refractivity contribution < 1.29 is 13.9 Å². The van der Waals surface area contributed by atoms with Crippen molar-refractivity contribution >= 4 is 21.9 Å². The summed E-state index contributed by atoms with van der Waals surface area (Å²) >= 11 is 3.25. The van der Waals surface area contributed by atoms with E-state index in [9.17, 15) is 4.79 Å². The largest absolute Gasteiger partial charge is 0.464 e. The highest BCUT2D eigenvalue weighted by atomic mass is 79.9. The Bertz CT molecular complexity index is 522. The number of benzene rings is 1. The van der Waals surface area contributed by atoms with Gasteiger partial charge < -0.3 is 9.15 Å². The monoisotopic (exact) mass is 295 g/mol. The van der Waals surface area contributed by atoms with Crippen LogP contribution in [0.15, 0.2) is 34.7 Å². The number of esters is 1. The summed E-state index contributed by atoms with van der Waals surface area (Å²) in [6.07, 6.45) is 0. The van der Waals surface area contributed by atoms with Crippen molar-refractivity contribution in [3.8, 4) is 11.5 Å². The number of alkyl halides is 1. The van der Waals surface area contributed by atoms with Crippen LogP contribution in [0.5, 0.6) is 0 Å². The van der Waals surface area contributed by atoms with Crippen LogP contribution in [0.2, 0.25) is 0 Å². The van der Waals surface area contributed by atoms with Gasteiger partial charge in [-0.05, 0) is 12.1 Å². The zero-order chi connectivity index (χ0) is 12.3. The summed E-state index contributed by atoms with van der Waals surface area (Å²) in [6, 6.07) is 9.39. The number of ether oxygens (including phenoxy) is 1. The van der Waals surface area contributed by atoms with Gasteiger partial charge in [-0.1, -0.05) is 34.1 Å². The highest BCUT2D eigenvalue weighted by molar-refractivity contribution is 9.08. The topological polar surface area (TPSA) is 52.3 Å². The number of oxazole rings is 1. The first kappa shape index (κ1) is 11.9. The van der Waals surface area contributed by atoms with E-state index in [0.29, 0.717) is 17.0 Å². The maximum atomic E-state index is 11.5. The number of nitrogens with zero attached hydrogens (tertiary/aromatic N) is 1. The summed E-state index contributed by atoms with van der Waals surface area (Å²) in [4.78, 5) is 15.6. The van der Waals surface area contributed by atoms with E-state index in [1.807, 2.05) is 30.3 Å². The van der Waals surface area contributed by atoms with E-state index >= 15 is 0 Å². The van der Waals surface area contributed by atoms with Gasteiger partial charge in [0.2, 0.25) is 5.89 Å². The average Bonchev–Trinajstić information content (AvgIpc) is 2.83. The molecule has 0 aliphatic rings. The molecule has 0 aliphatic carbocycles. The van der Waals surface area contributed by atoms with Crippen LogP contribution in [0, 0.1) is 0 Å². The van der Waals surface area contributed by atoms with Gasteiger partial charge in [-0.3, -0.25) is 0 Å². The lowest BCUT2D eigenvalue weighted by molar-refractivity contribution is 0.0593. The van der Waals surface area contributed by atoms with Crippen molar-refractivity contribution in [3.05, 3.63) is 41.8 Å². The summed E-state index contributed by atoms with van der Waals surface area (Å²) in [5, 5.41) is 0.414. The molecule has 0 saturated heterocycles. The van der Waals surface area contributed by atoms with E-state index < -0.39 is 5.97 Å². The Morgan fingerprint density at radius 2 is 2.12 bits per heavy atom. The molecule has 88 valence electrons. The maximum Gasteiger partial charge on any atom is 0.360 e. The first-order valence-electron chi connectivity index (χ1n) is 4.95. The van der Waals surface area contributed by atoms with Crippen LogP contribution in [0.4, 0.5) is 0 Å². The molecule has 5 heteroatoms. The lowest BCUT2D eigenvalue weighted by Gasteiger charge is -1.93. The first-order valence-corrected chi connectivity index (χ1v) is 6.07. The summed E-state index contributed by atoms with van der Waals surface area (Å²) in [5.74, 6) is 0.390. The zero-order valence-corrected chi connectivity index (χ0v) is 10.7. The summed E-state index contributed by atoms with van der Waals surface area (Å²) < 4.78 is 10.2. The van der Waals surface area contributed by atoms with E-state index in [1.165, 1.54) is 7.11 Å². The van der Waals surface area contributed by atoms with Crippen molar-refractivity contribution in [3.63, 3.8) is 0 Å². The fourth-order valence-corrected chi connectivity index (χ4v) is 1.78. The SMILES string of the molecule is COC(=O)c1nc(-c2ccccc2)oc1CBr. The standard InChI is InChI=1S/C12H10BrNO3/c1-16-12(15)10-9(7-13)17-11(14-10)8-5-3-2-4-6-8/h2-6H,7H2,1H3. The van der Waals surface area contributed by atoms with Gasteiger partial charge in [-0.15, -0.1) is 0 Å². The summed E-state index contributed by atoms with van der Waals surface area (Å²) in [6.45, 7) is 0. The Kier molecular flexibility index (Phi) is 3.58. The Balaban J connectivity index is 2.45. The van der Waals surface area contributed by atoms with Gasteiger partial charge in [0, 0.05) is 5.56 Å². The minimum Gasteiger partial charge on any atom is -0.464 e. The molecular weight excluding hydrogens is 286 g/mol. The quantitative estimate of drug-likeness (QED) is 0.645. The van der Waals surface area contributed by atoms with Crippen LogP contribution >= 0.6 is 15.9 Å². The third kappa shape index (κ3) is 2.39. The van der Waals surface area contributed by atoms with E-state index in [-0.39, 0.29) is 5.69 Å². The van der Waals surface area contributed by atoms with Crippen molar-refractivity contribution in [2.75, 3.05) is 7.11 Å². The molecule has 2 rings (SSSR count). The van der Waals surface area contributed by atoms with Gasteiger partial charge in [0.05, 0.1) is 12.4 Å². The van der Waals surface area contributed by atoms with Crippen LogP contribution in [0.25, 0.3) is 11.5 Å². The number of hydrogen-bond acceptors (Lipinski definition) is 4. The average molecular weight is 296 g/mol. The normalized spacial score (nSPS) is 10.2.